The van der Waals surface area contributed by atoms with Crippen molar-refractivity contribution >= 4 is 17.3 Å². The highest BCUT2D eigenvalue weighted by molar-refractivity contribution is 6.06. The van der Waals surface area contributed by atoms with Crippen molar-refractivity contribution in [2.24, 2.45) is 21.8 Å². The molecule has 1 aliphatic carbocycles. The van der Waals surface area contributed by atoms with Crippen molar-refractivity contribution in [3.05, 3.63) is 23.5 Å². The highest BCUT2D eigenvalue weighted by Crippen LogP contribution is 2.37. The van der Waals surface area contributed by atoms with Crippen molar-refractivity contribution in [3.8, 4) is 0 Å². The summed E-state index contributed by atoms with van der Waals surface area (Å²) in [7, 11) is 0. The minimum atomic E-state index is 0.259. The number of hydrogen-bond donors (Lipinski definition) is 1. The molecule has 1 N–H and O–H groups in total. The number of carbonyl (C=O) groups is 1. The fraction of sp³-hybridized carbons (Fsp3) is 0.632. The predicted octanol–water partition coefficient (Wildman–Crippen LogP) is 2.31. The highest BCUT2D eigenvalue weighted by Gasteiger charge is 2.37. The number of fused-ring (bicyclic) bond motifs is 1. The van der Waals surface area contributed by atoms with Crippen LogP contribution in [0, 0.1) is 11.8 Å². The smallest absolute Gasteiger partial charge is 0.222 e. The molecule has 0 aromatic carbocycles. The number of aliphatic imine (C=N–C) groups is 2. The third-order valence-corrected chi connectivity index (χ3v) is 5.58. The number of hydrogen-bond acceptors (Lipinski definition) is 4. The molecule has 5 nitrogen and oxygen atoms in total. The van der Waals surface area contributed by atoms with Gasteiger partial charge in [0.15, 0.2) is 0 Å². The summed E-state index contributed by atoms with van der Waals surface area (Å²) >= 11 is 0. The van der Waals surface area contributed by atoms with E-state index in [0.29, 0.717) is 24.3 Å². The van der Waals surface area contributed by atoms with Gasteiger partial charge >= 0.3 is 0 Å². The van der Waals surface area contributed by atoms with Gasteiger partial charge in [-0.3, -0.25) is 14.8 Å². The molecule has 24 heavy (non-hydrogen) atoms. The van der Waals surface area contributed by atoms with Crippen LogP contribution in [0.3, 0.4) is 0 Å². The molecule has 3 atom stereocenters. The van der Waals surface area contributed by atoms with Gasteiger partial charge in [-0.2, -0.15) is 0 Å². The maximum atomic E-state index is 11.9. The lowest BCUT2D eigenvalue weighted by atomic mass is 9.77. The van der Waals surface area contributed by atoms with Crippen LogP contribution in [0.15, 0.2) is 33.5 Å². The Morgan fingerprint density at radius 3 is 2.92 bits per heavy atom. The molecule has 3 unspecified atom stereocenters. The Morgan fingerprint density at radius 1 is 1.42 bits per heavy atom. The van der Waals surface area contributed by atoms with Gasteiger partial charge in [0.2, 0.25) is 5.91 Å². The largest absolute Gasteiger partial charge is 0.379 e. The van der Waals surface area contributed by atoms with Crippen molar-refractivity contribution in [2.45, 2.75) is 45.6 Å². The van der Waals surface area contributed by atoms with Gasteiger partial charge in [-0.15, -0.1) is 0 Å². The zero-order valence-corrected chi connectivity index (χ0v) is 14.6. The van der Waals surface area contributed by atoms with Gasteiger partial charge in [0.25, 0.3) is 0 Å². The summed E-state index contributed by atoms with van der Waals surface area (Å²) in [5.41, 5.74) is 4.88. The number of carbonyl (C=O) groups excluding carboxylic acids is 1. The van der Waals surface area contributed by atoms with E-state index in [1.165, 1.54) is 22.8 Å². The molecule has 4 rings (SSSR count). The molecular weight excluding hydrogens is 300 g/mol. The summed E-state index contributed by atoms with van der Waals surface area (Å²) in [6.45, 7) is 6.71. The Morgan fingerprint density at radius 2 is 2.25 bits per heavy atom. The number of nitrogens with zero attached hydrogens (tertiary/aromatic N) is 3. The zero-order chi connectivity index (χ0) is 16.7. The third kappa shape index (κ3) is 2.70. The summed E-state index contributed by atoms with van der Waals surface area (Å²) in [6, 6.07) is 0.347. The zero-order valence-electron chi connectivity index (χ0n) is 14.6. The molecular formula is C19H26N4O. The monoisotopic (exact) mass is 326 g/mol. The molecule has 1 amide bonds. The fourth-order valence-corrected chi connectivity index (χ4v) is 4.05. The standard InChI is InChI=1S/C19H26N4O/c1-3-14-9-16(21-14)12-7-13-10-20-19(13)17(8-12)22-15-5-6-23(11-15)18(24)4-2/h8-9,12-13,15,22H,3-7,10-11H2,1-2H3. The molecule has 3 heterocycles. The number of nitrogens with one attached hydrogen (secondary N) is 1. The summed E-state index contributed by atoms with van der Waals surface area (Å²) in [5, 5.41) is 3.68. The second kappa shape index (κ2) is 6.19. The molecule has 0 bridgehead atoms. The molecule has 0 aromatic heterocycles. The van der Waals surface area contributed by atoms with Crippen LogP contribution in [-0.2, 0) is 4.79 Å². The van der Waals surface area contributed by atoms with E-state index in [0.717, 1.165) is 38.9 Å². The first-order chi connectivity index (χ1) is 11.7. The molecule has 1 fully saturated rings. The quantitative estimate of drug-likeness (QED) is 0.843. The Hall–Kier alpha value is -1.91. The lowest BCUT2D eigenvalue weighted by molar-refractivity contribution is -0.129. The molecule has 0 radical (unpaired) electrons. The second-order valence-corrected chi connectivity index (χ2v) is 7.19. The third-order valence-electron chi connectivity index (χ3n) is 5.58. The second-order valence-electron chi connectivity index (χ2n) is 7.19. The minimum absolute atomic E-state index is 0.259. The molecule has 1 saturated heterocycles. The Labute approximate surface area is 143 Å². The summed E-state index contributed by atoms with van der Waals surface area (Å²) in [4.78, 5) is 23.1. The minimum Gasteiger partial charge on any atom is -0.379 e. The van der Waals surface area contributed by atoms with Gasteiger partial charge in [0, 0.05) is 55.3 Å². The van der Waals surface area contributed by atoms with Gasteiger partial charge in [-0.25, -0.2) is 0 Å². The maximum absolute atomic E-state index is 11.9. The molecule has 128 valence electrons. The van der Waals surface area contributed by atoms with Crippen molar-refractivity contribution in [1.82, 2.24) is 10.2 Å². The summed E-state index contributed by atoms with van der Waals surface area (Å²) in [5.74, 6) is 1.26. The lowest BCUT2D eigenvalue weighted by Gasteiger charge is -2.37. The van der Waals surface area contributed by atoms with Crippen molar-refractivity contribution in [3.63, 3.8) is 0 Å². The molecule has 0 saturated carbocycles. The van der Waals surface area contributed by atoms with Crippen molar-refractivity contribution in [2.75, 3.05) is 19.6 Å². The van der Waals surface area contributed by atoms with Gasteiger partial charge in [0.1, 0.15) is 0 Å². The van der Waals surface area contributed by atoms with Crippen LogP contribution in [0.5, 0.6) is 0 Å². The SMILES string of the molecule is CCC(=O)N1CCC(NC2=CC(C3=CC(CC)=N3)CC3CN=C23)C1. The van der Waals surface area contributed by atoms with Crippen LogP contribution in [-0.4, -0.2) is 47.9 Å². The molecule has 3 aliphatic heterocycles. The summed E-state index contributed by atoms with van der Waals surface area (Å²) < 4.78 is 0. The van der Waals surface area contributed by atoms with Gasteiger partial charge in [-0.05, 0) is 25.3 Å². The van der Waals surface area contributed by atoms with E-state index >= 15 is 0 Å². The lowest BCUT2D eigenvalue weighted by Crippen LogP contribution is -2.44. The van der Waals surface area contributed by atoms with Crippen molar-refractivity contribution in [1.29, 1.82) is 0 Å². The molecule has 0 aromatic rings. The fourth-order valence-electron chi connectivity index (χ4n) is 4.05. The molecule has 4 aliphatic rings. The van der Waals surface area contributed by atoms with Crippen LogP contribution in [0.25, 0.3) is 0 Å². The average molecular weight is 326 g/mol. The number of likely N-dealkylation sites (tertiary alicyclic amines) is 1. The van der Waals surface area contributed by atoms with Gasteiger partial charge in [0.05, 0.1) is 11.4 Å². The number of amides is 1. The first-order valence-electron chi connectivity index (χ1n) is 9.28. The van der Waals surface area contributed by atoms with E-state index < -0.39 is 0 Å². The van der Waals surface area contributed by atoms with Gasteiger partial charge < -0.3 is 10.2 Å². The average Bonchev–Trinajstić information content (AvgIpc) is 2.96. The van der Waals surface area contributed by atoms with Crippen LogP contribution in [0.1, 0.15) is 39.5 Å². The van der Waals surface area contributed by atoms with E-state index in [-0.39, 0.29) is 5.91 Å². The van der Waals surface area contributed by atoms with Crippen LogP contribution in [0.4, 0.5) is 0 Å². The Kier molecular flexibility index (Phi) is 4.02. The number of rotatable bonds is 5. The summed E-state index contributed by atoms with van der Waals surface area (Å²) in [6.07, 6.45) is 8.34. The van der Waals surface area contributed by atoms with E-state index in [2.05, 4.69) is 34.4 Å². The van der Waals surface area contributed by atoms with Crippen LogP contribution < -0.4 is 5.32 Å². The predicted molar refractivity (Wildman–Crippen MR) is 96.2 cm³/mol. The van der Waals surface area contributed by atoms with Crippen LogP contribution >= 0.6 is 0 Å². The maximum Gasteiger partial charge on any atom is 0.222 e. The topological polar surface area (TPSA) is 57.1 Å². The van der Waals surface area contributed by atoms with Gasteiger partial charge in [-0.1, -0.05) is 19.9 Å². The molecule has 5 heteroatoms. The number of allylic oxidation sites excluding steroid dienone is 3. The van der Waals surface area contributed by atoms with E-state index in [1.54, 1.807) is 0 Å². The highest BCUT2D eigenvalue weighted by atomic mass is 16.2. The van der Waals surface area contributed by atoms with Crippen molar-refractivity contribution < 1.29 is 4.79 Å². The Bertz CT molecular complexity index is 673. The Balaban J connectivity index is 1.44. The molecule has 0 spiro atoms. The van der Waals surface area contributed by atoms with E-state index in [1.807, 2.05) is 11.8 Å². The first kappa shape index (κ1) is 15.6. The van der Waals surface area contributed by atoms with Crippen LogP contribution in [0.2, 0.25) is 0 Å². The first-order valence-corrected chi connectivity index (χ1v) is 9.28. The van der Waals surface area contributed by atoms with E-state index in [4.69, 9.17) is 0 Å². The normalized spacial score (nSPS) is 31.1. The van der Waals surface area contributed by atoms with E-state index in [9.17, 15) is 4.79 Å².